The van der Waals surface area contributed by atoms with Crippen molar-refractivity contribution in [3.8, 4) is 11.5 Å². The summed E-state index contributed by atoms with van der Waals surface area (Å²) in [5, 5.41) is 2.09. The first-order chi connectivity index (χ1) is 11.1. The van der Waals surface area contributed by atoms with Crippen LogP contribution in [0.4, 0.5) is 0 Å². The molecule has 0 aliphatic heterocycles. The summed E-state index contributed by atoms with van der Waals surface area (Å²) >= 11 is 0. The van der Waals surface area contributed by atoms with E-state index in [1.807, 2.05) is 29.2 Å². The number of methoxy groups -OCH3 is 2. The van der Waals surface area contributed by atoms with Gasteiger partial charge in [-0.2, -0.15) is 0 Å². The summed E-state index contributed by atoms with van der Waals surface area (Å²) in [6.45, 7) is 5.10. The zero-order chi connectivity index (χ0) is 16.8. The van der Waals surface area contributed by atoms with Gasteiger partial charge in [-0.1, -0.05) is 37.6 Å². The van der Waals surface area contributed by atoms with Crippen LogP contribution in [0.25, 0.3) is 10.8 Å². The maximum absolute atomic E-state index is 11.9. The van der Waals surface area contributed by atoms with Gasteiger partial charge in [0.15, 0.2) is 11.5 Å². The van der Waals surface area contributed by atoms with E-state index in [1.165, 1.54) is 0 Å². The number of hydrogen-bond acceptors (Lipinski definition) is 3. The van der Waals surface area contributed by atoms with E-state index in [4.69, 9.17) is 9.47 Å². The van der Waals surface area contributed by atoms with E-state index in [9.17, 15) is 4.79 Å². The van der Waals surface area contributed by atoms with Gasteiger partial charge in [0.1, 0.15) is 0 Å². The van der Waals surface area contributed by atoms with Gasteiger partial charge in [-0.15, -0.1) is 0 Å². The summed E-state index contributed by atoms with van der Waals surface area (Å²) in [4.78, 5) is 13.8. The molecule has 2 aromatic carbocycles. The number of amides is 1. The fourth-order valence-electron chi connectivity index (χ4n) is 2.79. The van der Waals surface area contributed by atoms with Crippen LogP contribution in [0.2, 0.25) is 0 Å². The summed E-state index contributed by atoms with van der Waals surface area (Å²) in [7, 11) is 3.28. The number of fused-ring (bicyclic) bond motifs is 1. The Labute approximate surface area is 138 Å². The van der Waals surface area contributed by atoms with Crippen molar-refractivity contribution in [3.05, 3.63) is 35.9 Å². The molecule has 2 aromatic rings. The van der Waals surface area contributed by atoms with E-state index in [-0.39, 0.29) is 5.91 Å². The highest BCUT2D eigenvalue weighted by atomic mass is 16.5. The normalized spacial score (nSPS) is 10.6. The van der Waals surface area contributed by atoms with Crippen molar-refractivity contribution in [2.24, 2.45) is 0 Å². The minimum absolute atomic E-state index is 0.0947. The van der Waals surface area contributed by atoms with E-state index < -0.39 is 0 Å². The first kappa shape index (κ1) is 17.1. The Balaban J connectivity index is 2.49. The van der Waals surface area contributed by atoms with E-state index in [0.29, 0.717) is 12.3 Å². The molecule has 0 bridgehead atoms. The molecule has 0 unspecified atom stereocenters. The third-order valence-electron chi connectivity index (χ3n) is 4.06. The number of benzene rings is 2. The highest BCUT2D eigenvalue weighted by Gasteiger charge is 2.16. The lowest BCUT2D eigenvalue weighted by Gasteiger charge is -2.23. The number of nitrogens with zero attached hydrogens (tertiary/aromatic N) is 1. The molecular formula is C19H25NO3. The summed E-state index contributed by atoms with van der Waals surface area (Å²) in [6.07, 6.45) is 2.07. The van der Waals surface area contributed by atoms with Gasteiger partial charge in [0, 0.05) is 25.4 Å². The molecule has 0 aliphatic rings. The minimum atomic E-state index is 0.0947. The maximum Gasteiger partial charge on any atom is 0.219 e. The van der Waals surface area contributed by atoms with Crippen molar-refractivity contribution in [1.29, 1.82) is 0 Å². The van der Waals surface area contributed by atoms with Gasteiger partial charge in [0.25, 0.3) is 0 Å². The van der Waals surface area contributed by atoms with E-state index >= 15 is 0 Å². The molecule has 0 heterocycles. The highest BCUT2D eigenvalue weighted by Crippen LogP contribution is 2.38. The molecule has 0 saturated heterocycles. The SMILES string of the molecule is CCCCN(Cc1cc(OC)c(OC)c2ccccc12)C(C)=O. The number of carbonyl (C=O) groups is 1. The zero-order valence-electron chi connectivity index (χ0n) is 14.4. The largest absolute Gasteiger partial charge is 0.493 e. The number of carbonyl (C=O) groups excluding carboxylic acids is 1. The van der Waals surface area contributed by atoms with E-state index in [2.05, 4.69) is 13.0 Å². The van der Waals surface area contributed by atoms with Crippen LogP contribution in [0.3, 0.4) is 0 Å². The fourth-order valence-corrected chi connectivity index (χ4v) is 2.79. The summed E-state index contributed by atoms with van der Waals surface area (Å²) in [5.74, 6) is 1.52. The van der Waals surface area contributed by atoms with Gasteiger partial charge in [-0.05, 0) is 23.4 Å². The van der Waals surface area contributed by atoms with Gasteiger partial charge in [0.2, 0.25) is 5.91 Å². The molecule has 0 saturated carbocycles. The number of ether oxygens (including phenoxy) is 2. The molecule has 0 fully saturated rings. The van der Waals surface area contributed by atoms with Crippen molar-refractivity contribution in [2.45, 2.75) is 33.2 Å². The Morgan fingerprint density at radius 3 is 2.39 bits per heavy atom. The number of hydrogen-bond donors (Lipinski definition) is 0. The molecule has 124 valence electrons. The van der Waals surface area contributed by atoms with E-state index in [0.717, 1.165) is 41.5 Å². The molecule has 23 heavy (non-hydrogen) atoms. The molecule has 1 amide bonds. The molecular weight excluding hydrogens is 290 g/mol. The predicted molar refractivity (Wildman–Crippen MR) is 93.1 cm³/mol. The standard InChI is InChI=1S/C19H25NO3/c1-5-6-11-20(14(2)21)13-15-12-18(22-3)19(23-4)17-10-8-7-9-16(15)17/h7-10,12H,5-6,11,13H2,1-4H3. The zero-order valence-corrected chi connectivity index (χ0v) is 14.4. The molecule has 4 nitrogen and oxygen atoms in total. The van der Waals surface area contributed by atoms with E-state index in [1.54, 1.807) is 21.1 Å². The minimum Gasteiger partial charge on any atom is -0.493 e. The van der Waals surface area contributed by atoms with Crippen molar-refractivity contribution < 1.29 is 14.3 Å². The molecule has 0 aromatic heterocycles. The average Bonchev–Trinajstić information content (AvgIpc) is 2.57. The van der Waals surface area contributed by atoms with Crippen molar-refractivity contribution in [3.63, 3.8) is 0 Å². The topological polar surface area (TPSA) is 38.8 Å². The second kappa shape index (κ2) is 7.86. The van der Waals surface area contributed by atoms with Gasteiger partial charge in [0.05, 0.1) is 14.2 Å². The maximum atomic E-state index is 11.9. The second-order valence-corrected chi connectivity index (χ2v) is 5.61. The molecule has 0 aliphatic carbocycles. The highest BCUT2D eigenvalue weighted by molar-refractivity contribution is 5.93. The van der Waals surface area contributed by atoms with Crippen LogP contribution in [0.1, 0.15) is 32.3 Å². The smallest absolute Gasteiger partial charge is 0.219 e. The summed E-state index contributed by atoms with van der Waals surface area (Å²) in [5.41, 5.74) is 1.07. The van der Waals surface area contributed by atoms with Gasteiger partial charge < -0.3 is 14.4 Å². The van der Waals surface area contributed by atoms with Crippen molar-refractivity contribution in [1.82, 2.24) is 4.90 Å². The van der Waals surface area contributed by atoms with Crippen molar-refractivity contribution in [2.75, 3.05) is 20.8 Å². The Kier molecular flexibility index (Phi) is 5.85. The van der Waals surface area contributed by atoms with Crippen LogP contribution in [-0.2, 0) is 11.3 Å². The number of rotatable bonds is 7. The third-order valence-corrected chi connectivity index (χ3v) is 4.06. The first-order valence-corrected chi connectivity index (χ1v) is 8.00. The van der Waals surface area contributed by atoms with Crippen LogP contribution in [-0.4, -0.2) is 31.6 Å². The van der Waals surface area contributed by atoms with Gasteiger partial charge in [-0.3, -0.25) is 4.79 Å². The van der Waals surface area contributed by atoms with Crippen LogP contribution in [0, 0.1) is 0 Å². The quantitative estimate of drug-likeness (QED) is 0.775. The fraction of sp³-hybridized carbons (Fsp3) is 0.421. The second-order valence-electron chi connectivity index (χ2n) is 5.61. The Hall–Kier alpha value is -2.23. The van der Waals surface area contributed by atoms with Crippen LogP contribution in [0.15, 0.2) is 30.3 Å². The molecule has 0 spiro atoms. The lowest BCUT2D eigenvalue weighted by Crippen LogP contribution is -2.29. The first-order valence-electron chi connectivity index (χ1n) is 8.00. The molecule has 0 N–H and O–H groups in total. The third kappa shape index (κ3) is 3.76. The summed E-state index contributed by atoms with van der Waals surface area (Å²) in [6, 6.07) is 10.0. The Morgan fingerprint density at radius 1 is 1.13 bits per heavy atom. The molecule has 0 atom stereocenters. The predicted octanol–water partition coefficient (Wildman–Crippen LogP) is 4.01. The van der Waals surface area contributed by atoms with Crippen LogP contribution < -0.4 is 9.47 Å². The Bertz CT molecular complexity index is 682. The Morgan fingerprint density at radius 2 is 1.83 bits per heavy atom. The van der Waals surface area contributed by atoms with Gasteiger partial charge >= 0.3 is 0 Å². The van der Waals surface area contributed by atoms with Crippen molar-refractivity contribution >= 4 is 16.7 Å². The molecule has 0 radical (unpaired) electrons. The average molecular weight is 315 g/mol. The molecule has 4 heteroatoms. The lowest BCUT2D eigenvalue weighted by molar-refractivity contribution is -0.129. The molecule has 2 rings (SSSR count). The monoisotopic (exact) mass is 315 g/mol. The lowest BCUT2D eigenvalue weighted by atomic mass is 10.0. The number of unbranched alkanes of at least 4 members (excludes halogenated alkanes) is 1. The summed E-state index contributed by atoms with van der Waals surface area (Å²) < 4.78 is 11.0. The van der Waals surface area contributed by atoms with Gasteiger partial charge in [-0.25, -0.2) is 0 Å². The van der Waals surface area contributed by atoms with Crippen LogP contribution in [0.5, 0.6) is 11.5 Å². The van der Waals surface area contributed by atoms with Crippen LogP contribution >= 0.6 is 0 Å².